The highest BCUT2D eigenvalue weighted by atomic mass is 16.5. The first-order chi connectivity index (χ1) is 10.3. The summed E-state index contributed by atoms with van der Waals surface area (Å²) in [4.78, 5) is 0. The Hall–Kier alpha value is -2.67. The summed E-state index contributed by atoms with van der Waals surface area (Å²) in [6, 6.07) is 13.8. The molecule has 0 bridgehead atoms. The van der Waals surface area contributed by atoms with Crippen molar-refractivity contribution >= 4 is 5.69 Å². The van der Waals surface area contributed by atoms with Gasteiger partial charge in [-0.2, -0.15) is 5.26 Å². The fourth-order valence-electron chi connectivity index (χ4n) is 2.45. The van der Waals surface area contributed by atoms with Crippen LogP contribution in [0.3, 0.4) is 0 Å². The Morgan fingerprint density at radius 3 is 3.00 bits per heavy atom. The van der Waals surface area contributed by atoms with Crippen molar-refractivity contribution in [1.82, 2.24) is 0 Å². The lowest BCUT2D eigenvalue weighted by molar-refractivity contribution is 0.357. The van der Waals surface area contributed by atoms with Gasteiger partial charge in [-0.15, -0.1) is 0 Å². The SMILES string of the molecule is COc1cc(C#N)ccc1NCc1ccc2c(c1)CCO2. The molecule has 1 aliphatic rings. The quantitative estimate of drug-likeness (QED) is 0.935. The van der Waals surface area contributed by atoms with Crippen LogP contribution < -0.4 is 14.8 Å². The van der Waals surface area contributed by atoms with Crippen LogP contribution in [0.15, 0.2) is 36.4 Å². The second kappa shape index (κ2) is 5.76. The predicted molar refractivity (Wildman–Crippen MR) is 80.7 cm³/mol. The average molecular weight is 280 g/mol. The summed E-state index contributed by atoms with van der Waals surface area (Å²) in [5.74, 6) is 1.67. The van der Waals surface area contributed by atoms with Gasteiger partial charge in [-0.05, 0) is 29.3 Å². The first kappa shape index (κ1) is 13.3. The molecule has 2 aromatic carbocycles. The van der Waals surface area contributed by atoms with E-state index in [1.165, 1.54) is 11.1 Å². The van der Waals surface area contributed by atoms with Gasteiger partial charge < -0.3 is 14.8 Å². The van der Waals surface area contributed by atoms with Crippen LogP contribution >= 0.6 is 0 Å². The lowest BCUT2D eigenvalue weighted by Gasteiger charge is -2.12. The van der Waals surface area contributed by atoms with Crippen LogP contribution in [-0.4, -0.2) is 13.7 Å². The summed E-state index contributed by atoms with van der Waals surface area (Å²) < 4.78 is 10.8. The number of benzene rings is 2. The molecule has 0 radical (unpaired) electrons. The molecule has 4 nitrogen and oxygen atoms in total. The van der Waals surface area contributed by atoms with Crippen molar-refractivity contribution in [2.24, 2.45) is 0 Å². The number of nitriles is 1. The minimum Gasteiger partial charge on any atom is -0.495 e. The van der Waals surface area contributed by atoms with E-state index >= 15 is 0 Å². The summed E-state index contributed by atoms with van der Waals surface area (Å²) in [7, 11) is 1.61. The van der Waals surface area contributed by atoms with E-state index in [2.05, 4.69) is 23.5 Å². The lowest BCUT2D eigenvalue weighted by atomic mass is 10.1. The smallest absolute Gasteiger partial charge is 0.143 e. The van der Waals surface area contributed by atoms with Crippen LogP contribution in [0.1, 0.15) is 16.7 Å². The van der Waals surface area contributed by atoms with E-state index in [1.54, 1.807) is 19.2 Å². The minimum atomic E-state index is 0.590. The van der Waals surface area contributed by atoms with Crippen molar-refractivity contribution in [3.05, 3.63) is 53.1 Å². The molecule has 0 amide bonds. The zero-order chi connectivity index (χ0) is 14.7. The van der Waals surface area contributed by atoms with E-state index in [9.17, 15) is 0 Å². The van der Waals surface area contributed by atoms with Crippen molar-refractivity contribution in [3.8, 4) is 17.6 Å². The molecule has 106 valence electrons. The summed E-state index contributed by atoms with van der Waals surface area (Å²) in [5.41, 5.74) is 3.94. The number of hydrogen-bond acceptors (Lipinski definition) is 4. The second-order valence-electron chi connectivity index (χ2n) is 4.92. The Balaban J connectivity index is 1.74. The highest BCUT2D eigenvalue weighted by Gasteiger charge is 2.12. The Labute approximate surface area is 123 Å². The summed E-state index contributed by atoms with van der Waals surface area (Å²) in [5, 5.41) is 12.3. The zero-order valence-electron chi connectivity index (χ0n) is 11.8. The maximum atomic E-state index is 8.91. The van der Waals surface area contributed by atoms with E-state index in [1.807, 2.05) is 12.1 Å². The predicted octanol–water partition coefficient (Wildman–Crippen LogP) is 3.11. The molecular weight excluding hydrogens is 264 g/mol. The van der Waals surface area contributed by atoms with Gasteiger partial charge in [-0.3, -0.25) is 0 Å². The van der Waals surface area contributed by atoms with Gasteiger partial charge in [0.25, 0.3) is 0 Å². The number of ether oxygens (including phenoxy) is 2. The number of methoxy groups -OCH3 is 1. The number of fused-ring (bicyclic) bond motifs is 1. The third-order valence-corrected chi connectivity index (χ3v) is 3.57. The number of hydrogen-bond donors (Lipinski definition) is 1. The normalized spacial score (nSPS) is 12.2. The van der Waals surface area contributed by atoms with E-state index in [0.29, 0.717) is 17.9 Å². The summed E-state index contributed by atoms with van der Waals surface area (Å²) >= 11 is 0. The highest BCUT2D eigenvalue weighted by Crippen LogP contribution is 2.28. The van der Waals surface area contributed by atoms with Crippen molar-refractivity contribution in [2.75, 3.05) is 19.0 Å². The van der Waals surface area contributed by atoms with Crippen molar-refractivity contribution < 1.29 is 9.47 Å². The molecule has 1 aliphatic heterocycles. The largest absolute Gasteiger partial charge is 0.495 e. The Morgan fingerprint density at radius 2 is 2.19 bits per heavy atom. The van der Waals surface area contributed by atoms with Crippen LogP contribution in [0.2, 0.25) is 0 Å². The molecule has 0 aliphatic carbocycles. The monoisotopic (exact) mass is 280 g/mol. The third-order valence-electron chi connectivity index (χ3n) is 3.57. The lowest BCUT2D eigenvalue weighted by Crippen LogP contribution is -2.02. The Bertz CT molecular complexity index is 704. The zero-order valence-corrected chi connectivity index (χ0v) is 11.8. The van der Waals surface area contributed by atoms with Crippen LogP contribution in [0.25, 0.3) is 0 Å². The molecule has 1 heterocycles. The third kappa shape index (κ3) is 2.77. The van der Waals surface area contributed by atoms with Crippen molar-refractivity contribution in [3.63, 3.8) is 0 Å². The molecule has 0 atom stereocenters. The molecule has 0 saturated heterocycles. The number of nitrogens with zero attached hydrogens (tertiary/aromatic N) is 1. The summed E-state index contributed by atoms with van der Waals surface area (Å²) in [6.07, 6.45) is 0.976. The maximum Gasteiger partial charge on any atom is 0.143 e. The molecule has 0 unspecified atom stereocenters. The second-order valence-corrected chi connectivity index (χ2v) is 4.92. The first-order valence-electron chi connectivity index (χ1n) is 6.87. The highest BCUT2D eigenvalue weighted by molar-refractivity contribution is 5.59. The van der Waals surface area contributed by atoms with Crippen LogP contribution in [0, 0.1) is 11.3 Å². The fourth-order valence-corrected chi connectivity index (χ4v) is 2.45. The number of anilines is 1. The van der Waals surface area contributed by atoms with Gasteiger partial charge in [0.05, 0.1) is 31.0 Å². The molecule has 0 fully saturated rings. The van der Waals surface area contributed by atoms with E-state index in [-0.39, 0.29) is 0 Å². The van der Waals surface area contributed by atoms with Gasteiger partial charge in [0.15, 0.2) is 0 Å². The van der Waals surface area contributed by atoms with Gasteiger partial charge >= 0.3 is 0 Å². The molecule has 0 aromatic heterocycles. The van der Waals surface area contributed by atoms with Crippen LogP contribution in [0.5, 0.6) is 11.5 Å². The standard InChI is InChI=1S/C17H16N2O2/c1-20-17-9-12(10-18)2-4-15(17)19-11-13-3-5-16-14(8-13)6-7-21-16/h2-5,8-9,19H,6-7,11H2,1H3. The Kier molecular flexibility index (Phi) is 3.65. The van der Waals surface area contributed by atoms with Crippen molar-refractivity contribution in [2.45, 2.75) is 13.0 Å². The number of rotatable bonds is 4. The maximum absolute atomic E-state index is 8.91. The molecule has 1 N–H and O–H groups in total. The topological polar surface area (TPSA) is 54.3 Å². The van der Waals surface area contributed by atoms with Gasteiger partial charge in [0, 0.05) is 19.0 Å². The fraction of sp³-hybridized carbons (Fsp3) is 0.235. The average Bonchev–Trinajstić information content (AvgIpc) is 3.00. The number of nitrogens with one attached hydrogen (secondary N) is 1. The van der Waals surface area contributed by atoms with Gasteiger partial charge in [0.2, 0.25) is 0 Å². The minimum absolute atomic E-state index is 0.590. The van der Waals surface area contributed by atoms with Gasteiger partial charge in [-0.1, -0.05) is 12.1 Å². The molecule has 21 heavy (non-hydrogen) atoms. The van der Waals surface area contributed by atoms with Crippen molar-refractivity contribution in [1.29, 1.82) is 5.26 Å². The molecule has 4 heteroatoms. The van der Waals surface area contributed by atoms with E-state index in [0.717, 1.165) is 24.5 Å². The first-order valence-corrected chi connectivity index (χ1v) is 6.87. The molecule has 0 saturated carbocycles. The molecular formula is C17H16N2O2. The van der Waals surface area contributed by atoms with E-state index in [4.69, 9.17) is 14.7 Å². The molecule has 0 spiro atoms. The van der Waals surface area contributed by atoms with Gasteiger partial charge in [0.1, 0.15) is 11.5 Å². The summed E-state index contributed by atoms with van der Waals surface area (Å²) in [6.45, 7) is 1.48. The molecule has 2 aromatic rings. The van der Waals surface area contributed by atoms with Gasteiger partial charge in [-0.25, -0.2) is 0 Å². The Morgan fingerprint density at radius 1 is 1.29 bits per heavy atom. The van der Waals surface area contributed by atoms with Crippen LogP contribution in [-0.2, 0) is 13.0 Å². The molecule has 3 rings (SSSR count). The van der Waals surface area contributed by atoms with E-state index < -0.39 is 0 Å². The van der Waals surface area contributed by atoms with Crippen LogP contribution in [0.4, 0.5) is 5.69 Å².